The van der Waals surface area contributed by atoms with Crippen molar-refractivity contribution in [3.63, 3.8) is 0 Å². The molecule has 0 fully saturated rings. The number of hydrogen-bond donors (Lipinski definition) is 0. The molecule has 4 aromatic rings. The Morgan fingerprint density at radius 2 is 1.80 bits per heavy atom. The van der Waals surface area contributed by atoms with Crippen LogP contribution in [0, 0.1) is 26.7 Å². The minimum Gasteiger partial charge on any atom is -0.348 e. The summed E-state index contributed by atoms with van der Waals surface area (Å²) in [5.74, 6) is 0.783. The van der Waals surface area contributed by atoms with Crippen molar-refractivity contribution < 1.29 is 4.79 Å². The number of carbonyl (C=O) groups excluding carboxylic acids is 1. The van der Waals surface area contributed by atoms with E-state index in [1.807, 2.05) is 64.2 Å². The summed E-state index contributed by atoms with van der Waals surface area (Å²) in [5, 5.41) is 12.4. The van der Waals surface area contributed by atoms with E-state index in [0.717, 1.165) is 35.6 Å². The molecule has 0 radical (unpaired) electrons. The van der Waals surface area contributed by atoms with Gasteiger partial charge in [0, 0.05) is 30.5 Å². The SMILES string of the molecule is Cc1cc(C(=O)CSc2nnnn2-c2c(C)n(C)n(-c3ccccc3)c2=O)c(C)n1CCC(C)C. The van der Waals surface area contributed by atoms with Crippen LogP contribution < -0.4 is 5.56 Å². The first-order chi connectivity index (χ1) is 16.7. The molecule has 10 heteroatoms. The van der Waals surface area contributed by atoms with Crippen LogP contribution in [0.25, 0.3) is 11.4 Å². The van der Waals surface area contributed by atoms with Crippen molar-refractivity contribution in [1.29, 1.82) is 0 Å². The number of thioether (sulfide) groups is 1. The van der Waals surface area contributed by atoms with Crippen molar-refractivity contribution >= 4 is 17.5 Å². The van der Waals surface area contributed by atoms with E-state index >= 15 is 0 Å². The Bertz CT molecular complexity index is 1410. The Morgan fingerprint density at radius 3 is 2.49 bits per heavy atom. The molecule has 0 aliphatic carbocycles. The summed E-state index contributed by atoms with van der Waals surface area (Å²) in [4.78, 5) is 26.5. The van der Waals surface area contributed by atoms with Gasteiger partial charge >= 0.3 is 0 Å². The molecule has 1 aromatic carbocycles. The van der Waals surface area contributed by atoms with E-state index < -0.39 is 0 Å². The maximum absolute atomic E-state index is 13.4. The van der Waals surface area contributed by atoms with Crippen LogP contribution in [0.1, 0.15) is 47.7 Å². The molecule has 0 aliphatic heterocycles. The quantitative estimate of drug-likeness (QED) is 0.259. The van der Waals surface area contributed by atoms with Crippen molar-refractivity contribution in [2.45, 2.75) is 52.7 Å². The number of para-hydroxylation sites is 1. The third-order valence-electron chi connectivity index (χ3n) is 6.31. The van der Waals surface area contributed by atoms with E-state index in [0.29, 0.717) is 22.5 Å². The summed E-state index contributed by atoms with van der Waals surface area (Å²) in [6, 6.07) is 11.4. The number of tetrazole rings is 1. The molecule has 35 heavy (non-hydrogen) atoms. The average molecular weight is 494 g/mol. The Balaban J connectivity index is 1.58. The number of rotatable bonds is 9. The van der Waals surface area contributed by atoms with Gasteiger partial charge in [-0.15, -0.1) is 5.10 Å². The molecule has 3 heterocycles. The standard InChI is InChI=1S/C25H31N7O2S/c1-16(2)12-13-30-17(3)14-21(18(30)4)22(33)15-35-25-26-27-28-31(25)23-19(5)29(6)32(24(23)34)20-10-8-7-9-11-20/h7-11,14,16H,12-13,15H2,1-6H3. The molecule has 4 rings (SSSR count). The number of benzene rings is 1. The molecule has 0 saturated heterocycles. The van der Waals surface area contributed by atoms with Gasteiger partial charge in [-0.2, -0.15) is 4.68 Å². The van der Waals surface area contributed by atoms with Gasteiger partial charge in [0.2, 0.25) is 5.16 Å². The zero-order valence-corrected chi connectivity index (χ0v) is 21.8. The predicted octanol–water partition coefficient (Wildman–Crippen LogP) is 3.90. The van der Waals surface area contributed by atoms with Crippen LogP contribution in [0.3, 0.4) is 0 Å². The third-order valence-corrected chi connectivity index (χ3v) is 7.23. The van der Waals surface area contributed by atoms with Gasteiger partial charge in [0.15, 0.2) is 11.5 Å². The van der Waals surface area contributed by atoms with Crippen molar-refractivity contribution in [3.05, 3.63) is 69.4 Å². The maximum atomic E-state index is 13.4. The lowest BCUT2D eigenvalue weighted by atomic mass is 10.1. The van der Waals surface area contributed by atoms with E-state index in [2.05, 4.69) is 33.9 Å². The monoisotopic (exact) mass is 493 g/mol. The summed E-state index contributed by atoms with van der Waals surface area (Å²) < 4.78 is 7.00. The summed E-state index contributed by atoms with van der Waals surface area (Å²) in [7, 11) is 1.82. The van der Waals surface area contributed by atoms with Crippen molar-refractivity contribution in [1.82, 2.24) is 34.1 Å². The second kappa shape index (κ2) is 10.1. The molecule has 0 amide bonds. The first-order valence-electron chi connectivity index (χ1n) is 11.7. The van der Waals surface area contributed by atoms with Crippen LogP contribution in [0.2, 0.25) is 0 Å². The zero-order chi connectivity index (χ0) is 25.3. The van der Waals surface area contributed by atoms with Gasteiger partial charge in [-0.05, 0) is 61.7 Å². The molecule has 0 bridgehead atoms. The van der Waals surface area contributed by atoms with E-state index in [1.165, 1.54) is 16.4 Å². The number of hydrogen-bond acceptors (Lipinski definition) is 6. The van der Waals surface area contributed by atoms with Gasteiger partial charge in [0.1, 0.15) is 0 Å². The normalized spacial score (nSPS) is 11.5. The van der Waals surface area contributed by atoms with Gasteiger partial charge in [-0.25, -0.2) is 4.68 Å². The second-order valence-electron chi connectivity index (χ2n) is 9.11. The van der Waals surface area contributed by atoms with Gasteiger partial charge in [0.25, 0.3) is 5.56 Å². The highest BCUT2D eigenvalue weighted by atomic mass is 32.2. The number of Topliss-reactive ketones (excluding diaryl/α,β-unsaturated/α-hetero) is 1. The van der Waals surface area contributed by atoms with Crippen molar-refractivity contribution in [2.75, 3.05) is 5.75 Å². The lowest BCUT2D eigenvalue weighted by Gasteiger charge is -2.11. The van der Waals surface area contributed by atoms with E-state index in [1.54, 1.807) is 9.36 Å². The largest absolute Gasteiger partial charge is 0.348 e. The number of aromatic nitrogens is 7. The molecule has 0 atom stereocenters. The second-order valence-corrected chi connectivity index (χ2v) is 10.1. The lowest BCUT2D eigenvalue weighted by Crippen LogP contribution is -2.22. The molecule has 0 spiro atoms. The molecule has 0 saturated carbocycles. The molecule has 0 aliphatic rings. The molecule has 3 aromatic heterocycles. The van der Waals surface area contributed by atoms with Crippen molar-refractivity contribution in [2.24, 2.45) is 13.0 Å². The first-order valence-corrected chi connectivity index (χ1v) is 12.6. The maximum Gasteiger partial charge on any atom is 0.297 e. The Hall–Kier alpha value is -3.40. The van der Waals surface area contributed by atoms with Crippen LogP contribution in [0.4, 0.5) is 0 Å². The summed E-state index contributed by atoms with van der Waals surface area (Å²) >= 11 is 1.23. The van der Waals surface area contributed by atoms with Crippen molar-refractivity contribution in [3.8, 4) is 11.4 Å². The highest BCUT2D eigenvalue weighted by Crippen LogP contribution is 2.23. The number of aryl methyl sites for hydroxylation is 1. The van der Waals surface area contributed by atoms with Gasteiger partial charge in [0.05, 0.1) is 17.1 Å². The predicted molar refractivity (Wildman–Crippen MR) is 137 cm³/mol. The minimum atomic E-state index is -0.231. The molecule has 9 nitrogen and oxygen atoms in total. The van der Waals surface area contributed by atoms with Crippen LogP contribution in [-0.4, -0.2) is 45.7 Å². The molecular weight excluding hydrogens is 462 g/mol. The Labute approximate surface area is 208 Å². The molecule has 184 valence electrons. The summed E-state index contributed by atoms with van der Waals surface area (Å²) in [6.45, 7) is 11.2. The van der Waals surface area contributed by atoms with Crippen LogP contribution in [0.15, 0.2) is 46.3 Å². The van der Waals surface area contributed by atoms with Crippen LogP contribution >= 0.6 is 11.8 Å². The number of ketones is 1. The fourth-order valence-electron chi connectivity index (χ4n) is 4.23. The van der Waals surface area contributed by atoms with E-state index in [9.17, 15) is 9.59 Å². The van der Waals surface area contributed by atoms with E-state index in [-0.39, 0.29) is 17.1 Å². The van der Waals surface area contributed by atoms with Gasteiger partial charge < -0.3 is 4.57 Å². The van der Waals surface area contributed by atoms with Crippen LogP contribution in [-0.2, 0) is 13.6 Å². The zero-order valence-electron chi connectivity index (χ0n) is 21.0. The summed E-state index contributed by atoms with van der Waals surface area (Å²) in [6.07, 6.45) is 1.06. The fraction of sp³-hybridized carbons (Fsp3) is 0.400. The average Bonchev–Trinajstić information content (AvgIpc) is 3.46. The highest BCUT2D eigenvalue weighted by Gasteiger charge is 2.23. The van der Waals surface area contributed by atoms with Crippen LogP contribution in [0.5, 0.6) is 0 Å². The lowest BCUT2D eigenvalue weighted by molar-refractivity contribution is 0.102. The fourth-order valence-corrected chi connectivity index (χ4v) is 4.99. The third kappa shape index (κ3) is 4.75. The molecule has 0 unspecified atom stereocenters. The Morgan fingerprint density at radius 1 is 1.09 bits per heavy atom. The molecular formula is C25H31N7O2S. The highest BCUT2D eigenvalue weighted by molar-refractivity contribution is 7.99. The van der Waals surface area contributed by atoms with Gasteiger partial charge in [-0.1, -0.05) is 43.8 Å². The smallest absolute Gasteiger partial charge is 0.297 e. The number of carbonyl (C=O) groups is 1. The topological polar surface area (TPSA) is 92.5 Å². The number of nitrogens with zero attached hydrogens (tertiary/aromatic N) is 7. The first kappa shape index (κ1) is 24.7. The van der Waals surface area contributed by atoms with E-state index in [4.69, 9.17) is 0 Å². The molecule has 0 N–H and O–H groups in total. The summed E-state index contributed by atoms with van der Waals surface area (Å²) in [5.41, 5.74) is 4.39. The van der Waals surface area contributed by atoms with Gasteiger partial charge in [-0.3, -0.25) is 14.3 Å². The Kier molecular flexibility index (Phi) is 7.11. The minimum absolute atomic E-state index is 0.0138.